The van der Waals surface area contributed by atoms with E-state index in [2.05, 4.69) is 22.1 Å². The Balaban J connectivity index is 1.63. The van der Waals surface area contributed by atoms with Gasteiger partial charge in [-0.3, -0.25) is 9.36 Å². The van der Waals surface area contributed by atoms with Crippen molar-refractivity contribution >= 4 is 29.3 Å². The maximum Gasteiger partial charge on any atom is 0.339 e. The van der Waals surface area contributed by atoms with Crippen LogP contribution in [0.5, 0.6) is 5.75 Å². The van der Waals surface area contributed by atoms with Crippen molar-refractivity contribution in [2.75, 3.05) is 18.2 Å². The van der Waals surface area contributed by atoms with Crippen molar-refractivity contribution in [3.63, 3.8) is 0 Å². The summed E-state index contributed by atoms with van der Waals surface area (Å²) >= 11 is 1.23. The molecule has 9 heteroatoms. The zero-order valence-corrected chi connectivity index (χ0v) is 17.8. The number of methoxy groups -OCH3 is 1. The number of carbonyl (C=O) groups excluding carboxylic acids is 2. The largest absolute Gasteiger partial charge is 0.486 e. The third-order valence-electron chi connectivity index (χ3n) is 4.16. The lowest BCUT2D eigenvalue weighted by atomic mass is 10.2. The molecule has 0 fully saturated rings. The van der Waals surface area contributed by atoms with Crippen molar-refractivity contribution in [2.24, 2.45) is 0 Å². The van der Waals surface area contributed by atoms with Gasteiger partial charge >= 0.3 is 5.97 Å². The molecule has 0 saturated heterocycles. The molecule has 1 N–H and O–H groups in total. The third kappa shape index (κ3) is 5.95. The minimum absolute atomic E-state index is 0.0876. The SMILES string of the molecule is C=CCn1c(COc2ccccc2)nnc1SCC(=O)Nc1ccccc1C(=O)OC. The molecule has 31 heavy (non-hydrogen) atoms. The van der Waals surface area contributed by atoms with Crippen molar-refractivity contribution in [3.8, 4) is 5.75 Å². The molecule has 0 saturated carbocycles. The summed E-state index contributed by atoms with van der Waals surface area (Å²) in [4.78, 5) is 24.3. The number of esters is 1. The molecule has 0 atom stereocenters. The number of amides is 1. The maximum absolute atomic E-state index is 12.4. The van der Waals surface area contributed by atoms with Gasteiger partial charge in [0.2, 0.25) is 5.91 Å². The first kappa shape index (κ1) is 22.1. The standard InChI is InChI=1S/C22H22N4O4S/c1-3-13-26-19(14-30-16-9-5-4-6-10-16)24-25-22(26)31-15-20(27)23-18-12-8-7-11-17(18)21(28)29-2/h3-12H,1,13-15H2,2H3,(H,23,27). The second-order valence-corrected chi connectivity index (χ2v) is 7.22. The number of hydrogen-bond acceptors (Lipinski definition) is 7. The predicted octanol–water partition coefficient (Wildman–Crippen LogP) is 3.56. The second-order valence-electron chi connectivity index (χ2n) is 6.27. The normalized spacial score (nSPS) is 10.4. The fourth-order valence-corrected chi connectivity index (χ4v) is 3.47. The highest BCUT2D eigenvalue weighted by Gasteiger charge is 2.16. The van der Waals surface area contributed by atoms with Crippen LogP contribution in [0.15, 0.2) is 72.4 Å². The van der Waals surface area contributed by atoms with E-state index in [1.165, 1.54) is 18.9 Å². The number of aromatic nitrogens is 3. The number of benzene rings is 2. The van der Waals surface area contributed by atoms with E-state index >= 15 is 0 Å². The van der Waals surface area contributed by atoms with Crippen LogP contribution >= 0.6 is 11.8 Å². The van der Waals surface area contributed by atoms with Crippen LogP contribution < -0.4 is 10.1 Å². The molecule has 3 rings (SSSR count). The Morgan fingerprint density at radius 3 is 2.61 bits per heavy atom. The smallest absolute Gasteiger partial charge is 0.339 e. The van der Waals surface area contributed by atoms with E-state index in [0.29, 0.717) is 28.8 Å². The Bertz CT molecular complexity index is 1050. The molecule has 1 aromatic heterocycles. The minimum atomic E-state index is -0.516. The summed E-state index contributed by atoms with van der Waals surface area (Å²) in [5.74, 6) is 0.648. The lowest BCUT2D eigenvalue weighted by Crippen LogP contribution is -2.17. The van der Waals surface area contributed by atoms with Gasteiger partial charge < -0.3 is 14.8 Å². The lowest BCUT2D eigenvalue weighted by Gasteiger charge is -2.10. The second kappa shape index (κ2) is 11.0. The van der Waals surface area contributed by atoms with Crippen molar-refractivity contribution in [2.45, 2.75) is 18.3 Å². The number of para-hydroxylation sites is 2. The van der Waals surface area contributed by atoms with E-state index in [1.807, 2.05) is 34.9 Å². The summed E-state index contributed by atoms with van der Waals surface area (Å²) in [5.41, 5.74) is 0.683. The Labute approximate surface area is 184 Å². The predicted molar refractivity (Wildman–Crippen MR) is 118 cm³/mol. The monoisotopic (exact) mass is 438 g/mol. The molecular weight excluding hydrogens is 416 g/mol. The van der Waals surface area contributed by atoms with E-state index in [-0.39, 0.29) is 18.3 Å². The fourth-order valence-electron chi connectivity index (χ4n) is 2.71. The molecule has 0 aliphatic rings. The summed E-state index contributed by atoms with van der Waals surface area (Å²) in [7, 11) is 1.29. The summed E-state index contributed by atoms with van der Waals surface area (Å²) in [6, 6.07) is 16.1. The summed E-state index contributed by atoms with van der Waals surface area (Å²) in [6.45, 7) is 4.49. The van der Waals surface area contributed by atoms with Gasteiger partial charge in [-0.05, 0) is 24.3 Å². The maximum atomic E-state index is 12.4. The van der Waals surface area contributed by atoms with Crippen molar-refractivity contribution in [1.82, 2.24) is 14.8 Å². The van der Waals surface area contributed by atoms with Gasteiger partial charge in [-0.2, -0.15) is 0 Å². The first-order valence-electron chi connectivity index (χ1n) is 9.43. The molecule has 0 radical (unpaired) electrons. The number of nitrogens with one attached hydrogen (secondary N) is 1. The van der Waals surface area contributed by atoms with Gasteiger partial charge in [0.1, 0.15) is 12.4 Å². The van der Waals surface area contributed by atoms with E-state index in [4.69, 9.17) is 9.47 Å². The highest BCUT2D eigenvalue weighted by molar-refractivity contribution is 7.99. The lowest BCUT2D eigenvalue weighted by molar-refractivity contribution is -0.113. The highest BCUT2D eigenvalue weighted by atomic mass is 32.2. The summed E-state index contributed by atoms with van der Waals surface area (Å²) in [6.07, 6.45) is 1.73. The Morgan fingerprint density at radius 2 is 1.87 bits per heavy atom. The zero-order valence-electron chi connectivity index (χ0n) is 17.0. The average molecular weight is 439 g/mol. The first-order chi connectivity index (χ1) is 15.1. The molecule has 0 aliphatic carbocycles. The molecule has 8 nitrogen and oxygen atoms in total. The summed E-state index contributed by atoms with van der Waals surface area (Å²) in [5, 5.41) is 11.7. The molecule has 1 heterocycles. The van der Waals surface area contributed by atoms with Gasteiger partial charge in [0.05, 0.1) is 24.1 Å². The molecule has 1 amide bonds. The van der Waals surface area contributed by atoms with Gasteiger partial charge in [0, 0.05) is 6.54 Å². The van der Waals surface area contributed by atoms with Gasteiger partial charge in [-0.25, -0.2) is 4.79 Å². The molecule has 160 valence electrons. The number of ether oxygens (including phenoxy) is 2. The van der Waals surface area contributed by atoms with E-state index < -0.39 is 5.97 Å². The Kier molecular flexibility index (Phi) is 7.83. The number of rotatable bonds is 10. The van der Waals surface area contributed by atoms with E-state index in [0.717, 1.165) is 5.75 Å². The van der Waals surface area contributed by atoms with Crippen LogP contribution in [0, 0.1) is 0 Å². The number of carbonyl (C=O) groups is 2. The van der Waals surface area contributed by atoms with Crippen LogP contribution in [-0.4, -0.2) is 39.5 Å². The van der Waals surface area contributed by atoms with Gasteiger partial charge in [0.15, 0.2) is 11.0 Å². The fraction of sp³-hybridized carbons (Fsp3) is 0.182. The highest BCUT2D eigenvalue weighted by Crippen LogP contribution is 2.21. The van der Waals surface area contributed by atoms with Crippen molar-refractivity contribution in [1.29, 1.82) is 0 Å². The average Bonchev–Trinajstić information content (AvgIpc) is 3.18. The van der Waals surface area contributed by atoms with Gasteiger partial charge in [0.25, 0.3) is 0 Å². The first-order valence-corrected chi connectivity index (χ1v) is 10.4. The quantitative estimate of drug-likeness (QED) is 0.294. The Morgan fingerprint density at radius 1 is 1.13 bits per heavy atom. The molecule has 0 spiro atoms. The van der Waals surface area contributed by atoms with Gasteiger partial charge in [-0.15, -0.1) is 16.8 Å². The van der Waals surface area contributed by atoms with Crippen LogP contribution in [0.3, 0.4) is 0 Å². The molecule has 0 bridgehead atoms. The zero-order chi connectivity index (χ0) is 22.1. The number of anilines is 1. The molecule has 0 unspecified atom stereocenters. The number of thioether (sulfide) groups is 1. The Hall–Kier alpha value is -3.59. The van der Waals surface area contributed by atoms with Crippen LogP contribution in [-0.2, 0) is 22.7 Å². The molecule has 3 aromatic rings. The van der Waals surface area contributed by atoms with Crippen molar-refractivity contribution < 1.29 is 19.1 Å². The van der Waals surface area contributed by atoms with Crippen molar-refractivity contribution in [3.05, 3.63) is 78.6 Å². The van der Waals surface area contributed by atoms with E-state index in [1.54, 1.807) is 30.3 Å². The number of hydrogen-bond donors (Lipinski definition) is 1. The molecular formula is C22H22N4O4S. The minimum Gasteiger partial charge on any atom is -0.486 e. The van der Waals surface area contributed by atoms with E-state index in [9.17, 15) is 9.59 Å². The van der Waals surface area contributed by atoms with Crippen LogP contribution in [0.2, 0.25) is 0 Å². The van der Waals surface area contributed by atoms with Crippen LogP contribution in [0.1, 0.15) is 16.2 Å². The third-order valence-corrected chi connectivity index (χ3v) is 5.12. The number of nitrogens with zero attached hydrogens (tertiary/aromatic N) is 3. The number of allylic oxidation sites excluding steroid dienone is 1. The van der Waals surface area contributed by atoms with Crippen LogP contribution in [0.4, 0.5) is 5.69 Å². The molecule has 0 aliphatic heterocycles. The van der Waals surface area contributed by atoms with Gasteiger partial charge in [-0.1, -0.05) is 48.2 Å². The topological polar surface area (TPSA) is 95.3 Å². The van der Waals surface area contributed by atoms with Crippen LogP contribution in [0.25, 0.3) is 0 Å². The molecule has 2 aromatic carbocycles. The summed E-state index contributed by atoms with van der Waals surface area (Å²) < 4.78 is 12.3.